The third kappa shape index (κ3) is 2.07. The zero-order valence-corrected chi connectivity index (χ0v) is 9.21. The van der Waals surface area contributed by atoms with E-state index in [1.165, 1.54) is 6.39 Å². The largest absolute Gasteiger partial charge is 0.438 e. The predicted molar refractivity (Wildman–Crippen MR) is 53.5 cm³/mol. The molecule has 0 aliphatic heterocycles. The highest BCUT2D eigenvalue weighted by atomic mass is 35.5. The highest BCUT2D eigenvalue weighted by molar-refractivity contribution is 6.18. The van der Waals surface area contributed by atoms with Crippen molar-refractivity contribution >= 4 is 17.5 Å². The van der Waals surface area contributed by atoms with Gasteiger partial charge < -0.3 is 9.32 Å². The molecule has 1 atom stereocenters. The number of nitrogens with zero attached hydrogens (tertiary/aromatic N) is 2. The van der Waals surface area contributed by atoms with Crippen LogP contribution in [0.2, 0.25) is 0 Å². The molecule has 78 valence electrons. The second-order valence-corrected chi connectivity index (χ2v) is 3.49. The molecule has 0 radical (unpaired) electrons. The van der Waals surface area contributed by atoms with Gasteiger partial charge in [0.1, 0.15) is 0 Å². The monoisotopic (exact) mass is 216 g/mol. The fourth-order valence-electron chi connectivity index (χ4n) is 0.971. The molecule has 14 heavy (non-hydrogen) atoms. The van der Waals surface area contributed by atoms with Crippen LogP contribution in [0.15, 0.2) is 10.8 Å². The second kappa shape index (κ2) is 4.46. The van der Waals surface area contributed by atoms with Gasteiger partial charge in [0.15, 0.2) is 6.39 Å². The number of alkyl halides is 1. The quantitative estimate of drug-likeness (QED) is 0.723. The third-order valence-electron chi connectivity index (χ3n) is 2.14. The molecule has 0 spiro atoms. The van der Waals surface area contributed by atoms with Crippen molar-refractivity contribution in [2.75, 3.05) is 12.9 Å². The summed E-state index contributed by atoms with van der Waals surface area (Å²) in [4.78, 5) is 17.2. The summed E-state index contributed by atoms with van der Waals surface area (Å²) in [6.45, 7) is 3.60. The first kappa shape index (κ1) is 11.0. The minimum atomic E-state index is -0.187. The van der Waals surface area contributed by atoms with Gasteiger partial charge in [0, 0.05) is 19.0 Å². The van der Waals surface area contributed by atoms with Crippen LogP contribution in [-0.2, 0) is 0 Å². The number of carbonyl (C=O) groups is 1. The highest BCUT2D eigenvalue weighted by Gasteiger charge is 2.21. The Kier molecular flexibility index (Phi) is 3.52. The Balaban J connectivity index is 2.81. The van der Waals surface area contributed by atoms with Crippen molar-refractivity contribution in [2.45, 2.75) is 19.9 Å². The van der Waals surface area contributed by atoms with E-state index in [1.54, 1.807) is 18.9 Å². The predicted octanol–water partition coefficient (Wildman–Crippen LogP) is 1.68. The molecule has 1 unspecified atom stereocenters. The van der Waals surface area contributed by atoms with Crippen molar-refractivity contribution in [3.05, 3.63) is 17.8 Å². The van der Waals surface area contributed by atoms with Gasteiger partial charge in [0.05, 0.1) is 5.69 Å². The van der Waals surface area contributed by atoms with Gasteiger partial charge in [-0.15, -0.1) is 11.6 Å². The highest BCUT2D eigenvalue weighted by Crippen LogP contribution is 2.10. The van der Waals surface area contributed by atoms with Gasteiger partial charge in [-0.2, -0.15) is 0 Å². The summed E-state index contributed by atoms with van der Waals surface area (Å²) in [7, 11) is 1.69. The van der Waals surface area contributed by atoms with Crippen molar-refractivity contribution in [3.63, 3.8) is 0 Å². The lowest BCUT2D eigenvalue weighted by atomic mass is 10.3. The molecule has 0 saturated carbocycles. The first-order valence-corrected chi connectivity index (χ1v) is 4.84. The van der Waals surface area contributed by atoms with Crippen LogP contribution in [0.3, 0.4) is 0 Å². The molecular formula is C9H13ClN2O2. The van der Waals surface area contributed by atoms with Crippen molar-refractivity contribution in [3.8, 4) is 0 Å². The van der Waals surface area contributed by atoms with Crippen LogP contribution in [-0.4, -0.2) is 34.8 Å². The fourth-order valence-corrected chi connectivity index (χ4v) is 1.18. The molecule has 0 aliphatic carbocycles. The number of hydrogen-bond donors (Lipinski definition) is 0. The van der Waals surface area contributed by atoms with Gasteiger partial charge in [0.25, 0.3) is 5.91 Å². The summed E-state index contributed by atoms with van der Waals surface area (Å²) in [5, 5.41) is 0. The van der Waals surface area contributed by atoms with E-state index < -0.39 is 0 Å². The maximum Gasteiger partial charge on any atom is 0.291 e. The van der Waals surface area contributed by atoms with E-state index in [0.717, 1.165) is 0 Å². The Labute approximate surface area is 87.9 Å². The lowest BCUT2D eigenvalue weighted by molar-refractivity contribution is 0.0723. The van der Waals surface area contributed by atoms with Gasteiger partial charge in [-0.05, 0) is 13.8 Å². The standard InChI is InChI=1S/C9H13ClN2O2/c1-6(4-10)12(3)9(13)8-7(2)11-5-14-8/h5-6H,4H2,1-3H3. The number of amides is 1. The number of carbonyl (C=O) groups excluding carboxylic acids is 1. The van der Waals surface area contributed by atoms with Gasteiger partial charge in [-0.3, -0.25) is 4.79 Å². The Morgan fingerprint density at radius 3 is 2.86 bits per heavy atom. The van der Waals surface area contributed by atoms with Crippen LogP contribution >= 0.6 is 11.6 Å². The average Bonchev–Trinajstić information content (AvgIpc) is 2.61. The van der Waals surface area contributed by atoms with E-state index in [4.69, 9.17) is 16.0 Å². The molecule has 1 amide bonds. The van der Waals surface area contributed by atoms with Crippen LogP contribution in [0.5, 0.6) is 0 Å². The molecule has 1 heterocycles. The van der Waals surface area contributed by atoms with Crippen molar-refractivity contribution in [1.82, 2.24) is 9.88 Å². The molecule has 4 nitrogen and oxygen atoms in total. The Morgan fingerprint density at radius 2 is 2.43 bits per heavy atom. The van der Waals surface area contributed by atoms with Crippen molar-refractivity contribution < 1.29 is 9.21 Å². The molecule has 0 fully saturated rings. The van der Waals surface area contributed by atoms with Gasteiger partial charge >= 0.3 is 0 Å². The summed E-state index contributed by atoms with van der Waals surface area (Å²) in [6, 6.07) is -0.0198. The Morgan fingerprint density at radius 1 is 1.79 bits per heavy atom. The van der Waals surface area contributed by atoms with E-state index in [1.807, 2.05) is 6.92 Å². The third-order valence-corrected chi connectivity index (χ3v) is 2.59. The molecule has 0 saturated heterocycles. The normalized spacial score (nSPS) is 12.6. The summed E-state index contributed by atoms with van der Waals surface area (Å²) in [5.41, 5.74) is 0.601. The van der Waals surface area contributed by atoms with Crippen molar-refractivity contribution in [1.29, 1.82) is 0 Å². The van der Waals surface area contributed by atoms with E-state index in [9.17, 15) is 4.79 Å². The second-order valence-electron chi connectivity index (χ2n) is 3.19. The van der Waals surface area contributed by atoms with Crippen LogP contribution < -0.4 is 0 Å². The molecule has 0 aliphatic rings. The lowest BCUT2D eigenvalue weighted by Gasteiger charge is -2.21. The lowest BCUT2D eigenvalue weighted by Crippen LogP contribution is -2.36. The van der Waals surface area contributed by atoms with Crippen LogP contribution in [0.25, 0.3) is 0 Å². The average molecular weight is 217 g/mol. The number of aryl methyl sites for hydroxylation is 1. The molecule has 1 aromatic rings. The van der Waals surface area contributed by atoms with Gasteiger partial charge in [-0.1, -0.05) is 0 Å². The minimum absolute atomic E-state index is 0.0198. The maximum atomic E-state index is 11.8. The van der Waals surface area contributed by atoms with E-state index in [-0.39, 0.29) is 17.7 Å². The fraction of sp³-hybridized carbons (Fsp3) is 0.556. The van der Waals surface area contributed by atoms with Crippen LogP contribution in [0.1, 0.15) is 23.2 Å². The SMILES string of the molecule is Cc1ncoc1C(=O)N(C)C(C)CCl. The van der Waals surface area contributed by atoms with Gasteiger partial charge in [-0.25, -0.2) is 4.98 Å². The van der Waals surface area contributed by atoms with Crippen LogP contribution in [0.4, 0.5) is 0 Å². The minimum Gasteiger partial charge on any atom is -0.438 e. The number of rotatable bonds is 3. The summed E-state index contributed by atoms with van der Waals surface area (Å²) in [6.07, 6.45) is 1.27. The van der Waals surface area contributed by atoms with E-state index in [0.29, 0.717) is 11.6 Å². The number of oxazole rings is 1. The zero-order chi connectivity index (χ0) is 10.7. The van der Waals surface area contributed by atoms with Crippen molar-refractivity contribution in [2.24, 2.45) is 0 Å². The van der Waals surface area contributed by atoms with Gasteiger partial charge in [0.2, 0.25) is 5.76 Å². The molecule has 0 bridgehead atoms. The first-order valence-electron chi connectivity index (χ1n) is 4.31. The topological polar surface area (TPSA) is 46.3 Å². The summed E-state index contributed by atoms with van der Waals surface area (Å²) in [5.74, 6) is 0.493. The molecule has 5 heteroatoms. The smallest absolute Gasteiger partial charge is 0.291 e. The number of hydrogen-bond acceptors (Lipinski definition) is 3. The Hall–Kier alpha value is -1.03. The Bertz CT molecular complexity index is 324. The first-order chi connectivity index (χ1) is 6.57. The maximum absolute atomic E-state index is 11.8. The molecule has 0 N–H and O–H groups in total. The summed E-state index contributed by atoms with van der Waals surface area (Å²) < 4.78 is 5.00. The summed E-state index contributed by atoms with van der Waals surface area (Å²) >= 11 is 5.65. The zero-order valence-electron chi connectivity index (χ0n) is 8.45. The van der Waals surface area contributed by atoms with E-state index >= 15 is 0 Å². The number of halogens is 1. The van der Waals surface area contributed by atoms with E-state index in [2.05, 4.69) is 4.98 Å². The molecule has 1 aromatic heterocycles. The molecule has 1 rings (SSSR count). The molecule has 0 aromatic carbocycles. The molecular weight excluding hydrogens is 204 g/mol. The van der Waals surface area contributed by atoms with Crippen LogP contribution in [0, 0.1) is 6.92 Å². The number of aromatic nitrogens is 1.